The van der Waals surface area contributed by atoms with Crippen LogP contribution in [0.3, 0.4) is 0 Å². The van der Waals surface area contributed by atoms with Crippen molar-refractivity contribution in [2.75, 3.05) is 33.3 Å². The van der Waals surface area contributed by atoms with Gasteiger partial charge >= 0.3 is 5.97 Å². The Bertz CT molecular complexity index is 229. The lowest BCUT2D eigenvalue weighted by atomic mass is 10.2. The third-order valence-electron chi connectivity index (χ3n) is 2.97. The highest BCUT2D eigenvalue weighted by Gasteiger charge is 2.26. The lowest BCUT2D eigenvalue weighted by Crippen LogP contribution is -2.46. The first-order chi connectivity index (χ1) is 8.17. The van der Waals surface area contributed by atoms with Gasteiger partial charge in [-0.25, -0.2) is 0 Å². The minimum atomic E-state index is -0.182. The molecular formula is C13H26N2O2. The fourth-order valence-corrected chi connectivity index (χ4v) is 1.91. The minimum absolute atomic E-state index is 0.122. The highest BCUT2D eigenvalue weighted by molar-refractivity contribution is 5.76. The van der Waals surface area contributed by atoms with Gasteiger partial charge in [0.1, 0.15) is 6.04 Å². The van der Waals surface area contributed by atoms with E-state index in [0.29, 0.717) is 6.61 Å². The largest absolute Gasteiger partial charge is 0.465 e. The van der Waals surface area contributed by atoms with Crippen LogP contribution in [0.4, 0.5) is 0 Å². The van der Waals surface area contributed by atoms with Gasteiger partial charge in [0.25, 0.3) is 0 Å². The Labute approximate surface area is 105 Å². The Hall–Kier alpha value is -0.610. The highest BCUT2D eigenvalue weighted by atomic mass is 16.5. The van der Waals surface area contributed by atoms with Crippen LogP contribution in [-0.2, 0) is 9.53 Å². The van der Waals surface area contributed by atoms with Crippen LogP contribution < -0.4 is 5.32 Å². The molecular weight excluding hydrogens is 216 g/mol. The number of hydrogen-bond donors (Lipinski definition) is 1. The molecule has 0 aliphatic heterocycles. The third-order valence-corrected chi connectivity index (χ3v) is 2.97. The fourth-order valence-electron chi connectivity index (χ4n) is 1.91. The maximum atomic E-state index is 11.8. The molecule has 0 saturated heterocycles. The maximum absolute atomic E-state index is 11.8. The monoisotopic (exact) mass is 242 g/mol. The number of carbonyl (C=O) groups excluding carboxylic acids is 1. The quantitative estimate of drug-likeness (QED) is 0.618. The van der Waals surface area contributed by atoms with Crippen LogP contribution in [0, 0.1) is 5.92 Å². The molecule has 0 aromatic heterocycles. The van der Waals surface area contributed by atoms with Gasteiger partial charge in [-0.1, -0.05) is 6.92 Å². The zero-order valence-corrected chi connectivity index (χ0v) is 11.4. The standard InChI is InChI=1S/C13H26N2O2/c1-4-8-14-12(13(16)17-5-2)10-15(3)9-11-6-7-11/h11-12,14H,4-10H2,1-3H3. The van der Waals surface area contributed by atoms with Crippen molar-refractivity contribution in [3.05, 3.63) is 0 Å². The second-order valence-electron chi connectivity index (χ2n) is 4.92. The lowest BCUT2D eigenvalue weighted by molar-refractivity contribution is -0.146. The molecule has 1 atom stereocenters. The topological polar surface area (TPSA) is 41.6 Å². The van der Waals surface area contributed by atoms with Gasteiger partial charge in [0.15, 0.2) is 0 Å². The summed E-state index contributed by atoms with van der Waals surface area (Å²) >= 11 is 0. The molecule has 17 heavy (non-hydrogen) atoms. The molecule has 0 spiro atoms. The van der Waals surface area contributed by atoms with Gasteiger partial charge in [0.05, 0.1) is 6.61 Å². The number of esters is 1. The SMILES string of the molecule is CCCNC(CN(C)CC1CC1)C(=O)OCC. The number of likely N-dealkylation sites (N-methyl/N-ethyl adjacent to an activating group) is 1. The predicted molar refractivity (Wildman–Crippen MR) is 68.9 cm³/mol. The predicted octanol–water partition coefficient (Wildman–Crippen LogP) is 1.26. The molecule has 1 fully saturated rings. The van der Waals surface area contributed by atoms with Crippen LogP contribution in [0.5, 0.6) is 0 Å². The zero-order chi connectivity index (χ0) is 12.7. The van der Waals surface area contributed by atoms with E-state index in [1.54, 1.807) is 0 Å². The molecule has 4 nitrogen and oxygen atoms in total. The molecule has 1 aliphatic carbocycles. The van der Waals surface area contributed by atoms with Gasteiger partial charge in [-0.15, -0.1) is 0 Å². The molecule has 1 saturated carbocycles. The number of nitrogens with zero attached hydrogens (tertiary/aromatic N) is 1. The Balaban J connectivity index is 2.34. The lowest BCUT2D eigenvalue weighted by Gasteiger charge is -2.23. The van der Waals surface area contributed by atoms with Crippen molar-refractivity contribution in [3.8, 4) is 0 Å². The van der Waals surface area contributed by atoms with Gasteiger partial charge in [-0.2, -0.15) is 0 Å². The second-order valence-corrected chi connectivity index (χ2v) is 4.92. The summed E-state index contributed by atoms with van der Waals surface area (Å²) in [4.78, 5) is 14.0. The molecule has 1 unspecified atom stereocenters. The van der Waals surface area contributed by atoms with Crippen molar-refractivity contribution >= 4 is 5.97 Å². The van der Waals surface area contributed by atoms with Crippen molar-refractivity contribution in [2.24, 2.45) is 5.92 Å². The van der Waals surface area contributed by atoms with Crippen molar-refractivity contribution in [3.63, 3.8) is 0 Å². The number of hydrogen-bond acceptors (Lipinski definition) is 4. The summed E-state index contributed by atoms with van der Waals surface area (Å²) in [5, 5.41) is 3.26. The Morgan fingerprint density at radius 1 is 1.47 bits per heavy atom. The molecule has 0 radical (unpaired) electrons. The summed E-state index contributed by atoms with van der Waals surface area (Å²) in [7, 11) is 2.08. The average molecular weight is 242 g/mol. The summed E-state index contributed by atoms with van der Waals surface area (Å²) in [6.07, 6.45) is 3.72. The molecule has 0 aromatic carbocycles. The van der Waals surface area contributed by atoms with E-state index in [2.05, 4.69) is 24.2 Å². The minimum Gasteiger partial charge on any atom is -0.465 e. The third kappa shape index (κ3) is 6.03. The molecule has 4 heteroatoms. The second kappa shape index (κ2) is 7.67. The molecule has 0 amide bonds. The first-order valence-electron chi connectivity index (χ1n) is 6.75. The molecule has 0 bridgehead atoms. The number of nitrogens with one attached hydrogen (secondary N) is 1. The van der Waals surface area contributed by atoms with Crippen LogP contribution in [0.2, 0.25) is 0 Å². The Morgan fingerprint density at radius 3 is 2.71 bits per heavy atom. The van der Waals surface area contributed by atoms with Crippen molar-refractivity contribution in [1.82, 2.24) is 10.2 Å². The summed E-state index contributed by atoms with van der Waals surface area (Å²) in [6.45, 7) is 7.11. The van der Waals surface area contributed by atoms with E-state index in [1.165, 1.54) is 12.8 Å². The first kappa shape index (κ1) is 14.5. The van der Waals surface area contributed by atoms with E-state index >= 15 is 0 Å². The van der Waals surface area contributed by atoms with Crippen molar-refractivity contribution in [2.45, 2.75) is 39.2 Å². The molecule has 1 N–H and O–H groups in total. The zero-order valence-electron chi connectivity index (χ0n) is 11.4. The van der Waals surface area contributed by atoms with Gasteiger partial charge in [0.2, 0.25) is 0 Å². The van der Waals surface area contributed by atoms with E-state index in [-0.39, 0.29) is 12.0 Å². The van der Waals surface area contributed by atoms with Crippen LogP contribution >= 0.6 is 0 Å². The molecule has 1 rings (SSSR count). The number of ether oxygens (including phenoxy) is 1. The summed E-state index contributed by atoms with van der Waals surface area (Å²) < 4.78 is 5.09. The number of carbonyl (C=O) groups is 1. The van der Waals surface area contributed by atoms with Gasteiger partial charge in [-0.05, 0) is 45.7 Å². The fraction of sp³-hybridized carbons (Fsp3) is 0.923. The van der Waals surface area contributed by atoms with Crippen LogP contribution in [0.15, 0.2) is 0 Å². The van der Waals surface area contributed by atoms with Crippen LogP contribution in [0.25, 0.3) is 0 Å². The van der Waals surface area contributed by atoms with Crippen molar-refractivity contribution < 1.29 is 9.53 Å². The smallest absolute Gasteiger partial charge is 0.324 e. The molecule has 1 aliphatic rings. The van der Waals surface area contributed by atoms with E-state index in [1.807, 2.05) is 6.92 Å². The van der Waals surface area contributed by atoms with Crippen molar-refractivity contribution in [1.29, 1.82) is 0 Å². The van der Waals surface area contributed by atoms with Gasteiger partial charge in [0, 0.05) is 13.1 Å². The highest BCUT2D eigenvalue weighted by Crippen LogP contribution is 2.29. The summed E-state index contributed by atoms with van der Waals surface area (Å²) in [5.41, 5.74) is 0. The Kier molecular flexibility index (Phi) is 6.52. The van der Waals surface area contributed by atoms with Gasteiger partial charge < -0.3 is 15.0 Å². The normalized spacial score (nSPS) is 17.2. The van der Waals surface area contributed by atoms with E-state index < -0.39 is 0 Å². The molecule has 0 aromatic rings. The maximum Gasteiger partial charge on any atom is 0.324 e. The van der Waals surface area contributed by atoms with Gasteiger partial charge in [-0.3, -0.25) is 4.79 Å². The van der Waals surface area contributed by atoms with Crippen LogP contribution in [0.1, 0.15) is 33.1 Å². The van der Waals surface area contributed by atoms with E-state index in [4.69, 9.17) is 4.74 Å². The molecule has 0 heterocycles. The summed E-state index contributed by atoms with van der Waals surface area (Å²) in [5.74, 6) is 0.734. The van der Waals surface area contributed by atoms with Crippen LogP contribution in [-0.4, -0.2) is 50.2 Å². The average Bonchev–Trinajstić information content (AvgIpc) is 3.08. The Morgan fingerprint density at radius 2 is 2.18 bits per heavy atom. The molecule has 100 valence electrons. The first-order valence-corrected chi connectivity index (χ1v) is 6.75. The summed E-state index contributed by atoms with van der Waals surface area (Å²) in [6, 6.07) is -0.182. The van der Waals surface area contributed by atoms with E-state index in [0.717, 1.165) is 32.0 Å². The van der Waals surface area contributed by atoms with E-state index in [9.17, 15) is 4.79 Å². The number of rotatable bonds is 9.